The average Bonchev–Trinajstić information content (AvgIpc) is 3.08. The lowest BCUT2D eigenvalue weighted by atomic mass is 9.87. The lowest BCUT2D eigenvalue weighted by Crippen LogP contribution is -2.33. The number of methoxy groups -OCH3 is 1. The average molecular weight is 366 g/mol. The minimum atomic E-state index is -0.104. The van der Waals surface area contributed by atoms with Gasteiger partial charge in [-0.05, 0) is 43.7 Å². The zero-order valence-corrected chi connectivity index (χ0v) is 15.1. The van der Waals surface area contributed by atoms with E-state index in [1.54, 1.807) is 19.4 Å². The number of H-pyrrole nitrogens is 1. The van der Waals surface area contributed by atoms with Crippen molar-refractivity contribution in [1.29, 1.82) is 0 Å². The summed E-state index contributed by atoms with van der Waals surface area (Å²) in [7, 11) is 1.68. The molecule has 0 radical (unpaired) electrons. The van der Waals surface area contributed by atoms with Crippen LogP contribution in [-0.2, 0) is 9.47 Å². The molecule has 0 saturated heterocycles. The van der Waals surface area contributed by atoms with E-state index in [0.717, 1.165) is 31.1 Å². The fourth-order valence-corrected chi connectivity index (χ4v) is 3.52. The standard InChI is InChI=1S/C18H24ClN3O3/c1-24-8-9-25-13-4-2-12(3-5-13)11-21-18(23)15-10-16(19)22-17-14(15)6-7-20-17/h6-7,10,12-13H,2-5,8-9,11H2,1H3,(H,20,22)(H,21,23). The van der Waals surface area contributed by atoms with E-state index >= 15 is 0 Å². The normalized spacial score (nSPS) is 20.7. The Labute approximate surface area is 152 Å². The van der Waals surface area contributed by atoms with Crippen LogP contribution in [0.25, 0.3) is 11.0 Å². The molecule has 2 aromatic heterocycles. The van der Waals surface area contributed by atoms with Crippen LogP contribution < -0.4 is 5.32 Å². The van der Waals surface area contributed by atoms with Gasteiger partial charge >= 0.3 is 0 Å². The zero-order valence-electron chi connectivity index (χ0n) is 14.4. The van der Waals surface area contributed by atoms with E-state index in [1.807, 2.05) is 6.07 Å². The predicted molar refractivity (Wildman–Crippen MR) is 97.0 cm³/mol. The number of amides is 1. The monoisotopic (exact) mass is 365 g/mol. The quantitative estimate of drug-likeness (QED) is 0.583. The molecular formula is C18H24ClN3O3. The smallest absolute Gasteiger partial charge is 0.252 e. The van der Waals surface area contributed by atoms with E-state index in [-0.39, 0.29) is 5.91 Å². The first-order chi connectivity index (χ1) is 12.2. The fraction of sp³-hybridized carbons (Fsp3) is 0.556. The van der Waals surface area contributed by atoms with Crippen molar-refractivity contribution in [2.24, 2.45) is 5.92 Å². The van der Waals surface area contributed by atoms with Crippen molar-refractivity contribution in [1.82, 2.24) is 15.3 Å². The molecule has 2 N–H and O–H groups in total. The molecule has 2 aromatic rings. The number of carbonyl (C=O) groups is 1. The zero-order chi connectivity index (χ0) is 17.6. The molecule has 25 heavy (non-hydrogen) atoms. The number of carbonyl (C=O) groups excluding carboxylic acids is 1. The third kappa shape index (κ3) is 4.71. The number of ether oxygens (including phenoxy) is 2. The Morgan fingerprint density at radius 3 is 2.92 bits per heavy atom. The van der Waals surface area contributed by atoms with E-state index in [9.17, 15) is 4.79 Å². The highest BCUT2D eigenvalue weighted by molar-refractivity contribution is 6.30. The van der Waals surface area contributed by atoms with E-state index < -0.39 is 0 Å². The van der Waals surface area contributed by atoms with E-state index in [2.05, 4.69) is 15.3 Å². The summed E-state index contributed by atoms with van der Waals surface area (Å²) >= 11 is 6.01. The van der Waals surface area contributed by atoms with Crippen LogP contribution in [0.5, 0.6) is 0 Å². The van der Waals surface area contributed by atoms with Crippen molar-refractivity contribution in [3.8, 4) is 0 Å². The number of hydrogen-bond donors (Lipinski definition) is 2. The van der Waals surface area contributed by atoms with Crippen molar-refractivity contribution in [2.75, 3.05) is 26.9 Å². The molecule has 1 saturated carbocycles. The molecule has 0 aliphatic heterocycles. The number of hydrogen-bond acceptors (Lipinski definition) is 4. The summed E-state index contributed by atoms with van der Waals surface area (Å²) in [5.41, 5.74) is 1.19. The van der Waals surface area contributed by atoms with E-state index in [4.69, 9.17) is 21.1 Å². The fourth-order valence-electron chi connectivity index (χ4n) is 3.33. The second-order valence-electron chi connectivity index (χ2n) is 6.45. The molecule has 3 rings (SSSR count). The van der Waals surface area contributed by atoms with Crippen LogP contribution in [0, 0.1) is 5.92 Å². The van der Waals surface area contributed by atoms with Crippen molar-refractivity contribution in [3.05, 3.63) is 29.0 Å². The Bertz CT molecular complexity index is 711. The Hall–Kier alpha value is -1.63. The summed E-state index contributed by atoms with van der Waals surface area (Å²) in [6.07, 6.45) is 6.28. The van der Waals surface area contributed by atoms with E-state index in [0.29, 0.717) is 48.1 Å². The van der Waals surface area contributed by atoms with Gasteiger partial charge < -0.3 is 19.8 Å². The molecule has 1 aliphatic rings. The van der Waals surface area contributed by atoms with Crippen LogP contribution in [0.1, 0.15) is 36.0 Å². The topological polar surface area (TPSA) is 76.2 Å². The molecule has 0 atom stereocenters. The SMILES string of the molecule is COCCOC1CCC(CNC(=O)c2cc(Cl)nc3[nH]ccc23)CC1. The van der Waals surface area contributed by atoms with Crippen LogP contribution in [0.15, 0.2) is 18.3 Å². The maximum Gasteiger partial charge on any atom is 0.252 e. The Balaban J connectivity index is 1.49. The van der Waals surface area contributed by atoms with Gasteiger partial charge in [-0.25, -0.2) is 4.98 Å². The molecule has 1 aliphatic carbocycles. The van der Waals surface area contributed by atoms with Gasteiger partial charge in [0.25, 0.3) is 5.91 Å². The molecule has 0 bridgehead atoms. The maximum atomic E-state index is 12.5. The number of nitrogens with one attached hydrogen (secondary N) is 2. The van der Waals surface area contributed by atoms with Crippen molar-refractivity contribution < 1.29 is 14.3 Å². The Morgan fingerprint density at radius 2 is 2.16 bits per heavy atom. The lowest BCUT2D eigenvalue weighted by Gasteiger charge is -2.28. The summed E-state index contributed by atoms with van der Waals surface area (Å²) in [6, 6.07) is 3.46. The van der Waals surface area contributed by atoms with Crippen LogP contribution in [0.2, 0.25) is 5.15 Å². The highest BCUT2D eigenvalue weighted by Crippen LogP contribution is 2.26. The Morgan fingerprint density at radius 1 is 1.36 bits per heavy atom. The summed E-state index contributed by atoms with van der Waals surface area (Å²) < 4.78 is 10.8. The largest absolute Gasteiger partial charge is 0.382 e. The molecule has 0 unspecified atom stereocenters. The van der Waals surface area contributed by atoms with E-state index in [1.165, 1.54) is 0 Å². The van der Waals surface area contributed by atoms with Crippen LogP contribution in [0.4, 0.5) is 0 Å². The third-order valence-corrected chi connectivity index (χ3v) is 4.92. The summed E-state index contributed by atoms with van der Waals surface area (Å²) in [5, 5.41) is 4.15. The molecule has 136 valence electrons. The minimum Gasteiger partial charge on any atom is -0.382 e. The van der Waals surface area contributed by atoms with Gasteiger partial charge in [0.15, 0.2) is 0 Å². The molecule has 1 amide bonds. The van der Waals surface area contributed by atoms with Crippen molar-refractivity contribution in [3.63, 3.8) is 0 Å². The number of fused-ring (bicyclic) bond motifs is 1. The van der Waals surface area contributed by atoms with Crippen molar-refractivity contribution in [2.45, 2.75) is 31.8 Å². The highest BCUT2D eigenvalue weighted by atomic mass is 35.5. The predicted octanol–water partition coefficient (Wildman–Crippen LogP) is 3.17. The van der Waals surface area contributed by atoms with Gasteiger partial charge in [-0.1, -0.05) is 11.6 Å². The number of nitrogens with zero attached hydrogens (tertiary/aromatic N) is 1. The first kappa shape index (κ1) is 18.2. The third-order valence-electron chi connectivity index (χ3n) is 4.73. The number of aromatic amines is 1. The second kappa shape index (κ2) is 8.65. The molecule has 6 nitrogen and oxygen atoms in total. The molecule has 2 heterocycles. The molecule has 0 spiro atoms. The molecular weight excluding hydrogens is 342 g/mol. The van der Waals surface area contributed by atoms with Gasteiger partial charge in [-0.3, -0.25) is 4.79 Å². The van der Waals surface area contributed by atoms with Crippen LogP contribution in [0.3, 0.4) is 0 Å². The minimum absolute atomic E-state index is 0.104. The first-order valence-corrected chi connectivity index (χ1v) is 9.07. The van der Waals surface area contributed by atoms with Gasteiger partial charge in [0.2, 0.25) is 0 Å². The summed E-state index contributed by atoms with van der Waals surface area (Å²) in [6.45, 7) is 1.96. The summed E-state index contributed by atoms with van der Waals surface area (Å²) in [4.78, 5) is 19.7. The van der Waals surface area contributed by atoms with Gasteiger partial charge in [0.05, 0.1) is 24.9 Å². The van der Waals surface area contributed by atoms with Crippen molar-refractivity contribution >= 4 is 28.5 Å². The number of halogens is 1. The summed E-state index contributed by atoms with van der Waals surface area (Å²) in [5.74, 6) is 0.387. The van der Waals surface area contributed by atoms with Gasteiger partial charge in [0.1, 0.15) is 10.8 Å². The lowest BCUT2D eigenvalue weighted by molar-refractivity contribution is -0.00729. The van der Waals surface area contributed by atoms with Gasteiger partial charge in [0, 0.05) is 25.2 Å². The Kier molecular flexibility index (Phi) is 6.29. The second-order valence-corrected chi connectivity index (χ2v) is 6.84. The van der Waals surface area contributed by atoms with Gasteiger partial charge in [-0.15, -0.1) is 0 Å². The molecule has 1 fully saturated rings. The number of rotatable bonds is 7. The van der Waals surface area contributed by atoms with Gasteiger partial charge in [-0.2, -0.15) is 0 Å². The molecule has 7 heteroatoms. The van der Waals surface area contributed by atoms with Crippen LogP contribution >= 0.6 is 11.6 Å². The number of aromatic nitrogens is 2. The first-order valence-electron chi connectivity index (χ1n) is 8.69. The van der Waals surface area contributed by atoms with Crippen LogP contribution in [-0.4, -0.2) is 48.8 Å². The molecule has 0 aromatic carbocycles. The number of pyridine rings is 1. The maximum absolute atomic E-state index is 12.5. The highest BCUT2D eigenvalue weighted by Gasteiger charge is 2.22.